The van der Waals surface area contributed by atoms with Crippen LogP contribution in [0.2, 0.25) is 0 Å². The van der Waals surface area contributed by atoms with Gasteiger partial charge in [-0.1, -0.05) is 24.3 Å². The number of likely N-dealkylation sites (tertiary alicyclic amines) is 1. The molecule has 1 unspecified atom stereocenters. The average Bonchev–Trinajstić information content (AvgIpc) is 3.09. The number of carbonyl (C=O) groups excluding carboxylic acids is 1. The summed E-state index contributed by atoms with van der Waals surface area (Å²) in [5.41, 5.74) is 2.25. The van der Waals surface area contributed by atoms with Crippen LogP contribution in [0.1, 0.15) is 18.4 Å². The SMILES string of the molecule is COc1ccc(CCC(=O)N2CCC(Nc3ccccc3)C2)cc1Br. The summed E-state index contributed by atoms with van der Waals surface area (Å²) < 4.78 is 6.16. The summed E-state index contributed by atoms with van der Waals surface area (Å²) >= 11 is 3.49. The number of halogens is 1. The molecule has 1 amide bonds. The van der Waals surface area contributed by atoms with Gasteiger partial charge in [-0.25, -0.2) is 0 Å². The molecule has 1 aliphatic heterocycles. The Bertz CT molecular complexity index is 721. The number of anilines is 1. The number of aryl methyl sites for hydroxylation is 1. The first-order valence-corrected chi connectivity index (χ1v) is 9.37. The number of rotatable bonds is 6. The molecule has 1 fully saturated rings. The lowest BCUT2D eigenvalue weighted by Gasteiger charge is -2.18. The van der Waals surface area contributed by atoms with Crippen molar-refractivity contribution in [3.8, 4) is 5.75 Å². The average molecular weight is 403 g/mol. The van der Waals surface area contributed by atoms with E-state index in [4.69, 9.17) is 4.74 Å². The topological polar surface area (TPSA) is 41.6 Å². The fraction of sp³-hybridized carbons (Fsp3) is 0.350. The van der Waals surface area contributed by atoms with Gasteiger partial charge in [0, 0.05) is 31.2 Å². The Morgan fingerprint density at radius 1 is 1.28 bits per heavy atom. The normalized spacial score (nSPS) is 16.7. The summed E-state index contributed by atoms with van der Waals surface area (Å²) in [5, 5.41) is 3.51. The molecular weight excluding hydrogens is 380 g/mol. The molecular formula is C20H23BrN2O2. The van der Waals surface area contributed by atoms with Crippen molar-refractivity contribution < 1.29 is 9.53 Å². The van der Waals surface area contributed by atoms with Crippen molar-refractivity contribution >= 4 is 27.5 Å². The van der Waals surface area contributed by atoms with Crippen molar-refractivity contribution in [2.24, 2.45) is 0 Å². The molecule has 25 heavy (non-hydrogen) atoms. The Balaban J connectivity index is 1.48. The first kappa shape index (κ1) is 17.8. The molecule has 0 radical (unpaired) electrons. The van der Waals surface area contributed by atoms with Crippen molar-refractivity contribution in [3.05, 3.63) is 58.6 Å². The van der Waals surface area contributed by atoms with Crippen molar-refractivity contribution in [2.75, 3.05) is 25.5 Å². The van der Waals surface area contributed by atoms with Gasteiger partial charge in [0.1, 0.15) is 5.75 Å². The number of hydrogen-bond acceptors (Lipinski definition) is 3. The van der Waals surface area contributed by atoms with Crippen LogP contribution in [0, 0.1) is 0 Å². The maximum Gasteiger partial charge on any atom is 0.222 e. The first-order chi connectivity index (χ1) is 12.2. The minimum Gasteiger partial charge on any atom is -0.496 e. The van der Waals surface area contributed by atoms with Gasteiger partial charge in [-0.05, 0) is 58.6 Å². The summed E-state index contributed by atoms with van der Waals surface area (Å²) in [4.78, 5) is 14.5. The van der Waals surface area contributed by atoms with E-state index in [1.54, 1.807) is 7.11 Å². The molecule has 132 valence electrons. The molecule has 0 spiro atoms. The van der Waals surface area contributed by atoms with Crippen LogP contribution in [-0.2, 0) is 11.2 Å². The number of carbonyl (C=O) groups is 1. The van der Waals surface area contributed by atoms with E-state index in [0.717, 1.165) is 47.4 Å². The Morgan fingerprint density at radius 3 is 2.80 bits per heavy atom. The second-order valence-corrected chi connectivity index (χ2v) is 7.16. The number of benzene rings is 2. The highest BCUT2D eigenvalue weighted by Gasteiger charge is 2.25. The Hall–Kier alpha value is -2.01. The van der Waals surface area contributed by atoms with Crippen molar-refractivity contribution in [2.45, 2.75) is 25.3 Å². The number of ether oxygens (including phenoxy) is 1. The maximum atomic E-state index is 12.5. The van der Waals surface area contributed by atoms with Gasteiger partial charge < -0.3 is 15.0 Å². The molecule has 2 aromatic carbocycles. The predicted octanol–water partition coefficient (Wildman–Crippen LogP) is 4.10. The van der Waals surface area contributed by atoms with E-state index in [1.165, 1.54) is 0 Å². The summed E-state index contributed by atoms with van der Waals surface area (Å²) in [7, 11) is 1.65. The largest absolute Gasteiger partial charge is 0.496 e. The van der Waals surface area contributed by atoms with E-state index >= 15 is 0 Å². The maximum absolute atomic E-state index is 12.5. The summed E-state index contributed by atoms with van der Waals surface area (Å²) in [6.07, 6.45) is 2.28. The molecule has 4 nitrogen and oxygen atoms in total. The number of hydrogen-bond donors (Lipinski definition) is 1. The summed E-state index contributed by atoms with van der Waals surface area (Å²) in [6, 6.07) is 16.5. The van der Waals surface area contributed by atoms with Crippen LogP contribution >= 0.6 is 15.9 Å². The molecule has 1 saturated heterocycles. The Morgan fingerprint density at radius 2 is 2.08 bits per heavy atom. The van der Waals surface area contributed by atoms with E-state index in [1.807, 2.05) is 41.3 Å². The van der Waals surface area contributed by atoms with Gasteiger partial charge in [0.2, 0.25) is 5.91 Å². The fourth-order valence-corrected chi connectivity index (χ4v) is 3.74. The third-order valence-corrected chi connectivity index (χ3v) is 5.15. The van der Waals surface area contributed by atoms with Gasteiger partial charge >= 0.3 is 0 Å². The van der Waals surface area contributed by atoms with E-state index in [0.29, 0.717) is 12.5 Å². The minimum atomic E-state index is 0.226. The van der Waals surface area contributed by atoms with E-state index in [9.17, 15) is 4.79 Å². The fourth-order valence-electron chi connectivity index (χ4n) is 3.15. The lowest BCUT2D eigenvalue weighted by Crippen LogP contribution is -2.31. The minimum absolute atomic E-state index is 0.226. The molecule has 0 saturated carbocycles. The highest BCUT2D eigenvalue weighted by molar-refractivity contribution is 9.10. The van der Waals surface area contributed by atoms with Crippen molar-refractivity contribution in [3.63, 3.8) is 0 Å². The second-order valence-electron chi connectivity index (χ2n) is 6.30. The molecule has 3 rings (SSSR count). The van der Waals surface area contributed by atoms with Crippen LogP contribution in [0.4, 0.5) is 5.69 Å². The van der Waals surface area contributed by atoms with Gasteiger partial charge in [0.15, 0.2) is 0 Å². The lowest BCUT2D eigenvalue weighted by atomic mass is 10.1. The number of methoxy groups -OCH3 is 1. The number of amides is 1. The predicted molar refractivity (Wildman–Crippen MR) is 104 cm³/mol. The van der Waals surface area contributed by atoms with Crippen LogP contribution in [0.25, 0.3) is 0 Å². The van der Waals surface area contributed by atoms with Crippen LogP contribution in [-0.4, -0.2) is 37.0 Å². The second kappa shape index (κ2) is 8.39. The molecule has 2 aromatic rings. The number of nitrogens with one attached hydrogen (secondary N) is 1. The highest BCUT2D eigenvalue weighted by atomic mass is 79.9. The molecule has 1 N–H and O–H groups in total. The molecule has 1 aliphatic rings. The van der Waals surface area contributed by atoms with Crippen LogP contribution < -0.4 is 10.1 Å². The zero-order valence-corrected chi connectivity index (χ0v) is 16.0. The van der Waals surface area contributed by atoms with Gasteiger partial charge in [-0.2, -0.15) is 0 Å². The van der Waals surface area contributed by atoms with Gasteiger partial charge in [0.05, 0.1) is 11.6 Å². The van der Waals surface area contributed by atoms with Crippen LogP contribution in [0.15, 0.2) is 53.0 Å². The number of nitrogens with zero attached hydrogens (tertiary/aromatic N) is 1. The molecule has 0 aliphatic carbocycles. The van der Waals surface area contributed by atoms with E-state index < -0.39 is 0 Å². The van der Waals surface area contributed by atoms with Crippen LogP contribution in [0.3, 0.4) is 0 Å². The quantitative estimate of drug-likeness (QED) is 0.790. The smallest absolute Gasteiger partial charge is 0.222 e. The Kier molecular flexibility index (Phi) is 5.97. The lowest BCUT2D eigenvalue weighted by molar-refractivity contribution is -0.130. The van der Waals surface area contributed by atoms with E-state index in [2.05, 4.69) is 33.4 Å². The highest BCUT2D eigenvalue weighted by Crippen LogP contribution is 2.26. The van der Waals surface area contributed by atoms with Gasteiger partial charge in [-0.15, -0.1) is 0 Å². The third-order valence-electron chi connectivity index (χ3n) is 4.53. The molecule has 0 bridgehead atoms. The molecule has 1 heterocycles. The zero-order valence-electron chi connectivity index (χ0n) is 14.4. The summed E-state index contributed by atoms with van der Waals surface area (Å²) in [5.74, 6) is 1.04. The van der Waals surface area contributed by atoms with Crippen molar-refractivity contribution in [1.82, 2.24) is 4.90 Å². The molecule has 5 heteroatoms. The number of para-hydroxylation sites is 1. The van der Waals surface area contributed by atoms with Crippen molar-refractivity contribution in [1.29, 1.82) is 0 Å². The standard InChI is InChI=1S/C20H23BrN2O2/c1-25-19-9-7-15(13-18(19)21)8-10-20(24)23-12-11-17(14-23)22-16-5-3-2-4-6-16/h2-7,9,13,17,22H,8,10-12,14H2,1H3. The monoisotopic (exact) mass is 402 g/mol. The molecule has 0 aromatic heterocycles. The zero-order chi connectivity index (χ0) is 17.6. The first-order valence-electron chi connectivity index (χ1n) is 8.57. The molecule has 1 atom stereocenters. The van der Waals surface area contributed by atoms with E-state index in [-0.39, 0.29) is 5.91 Å². The Labute approximate surface area is 157 Å². The van der Waals surface area contributed by atoms with Gasteiger partial charge in [0.25, 0.3) is 0 Å². The van der Waals surface area contributed by atoms with Gasteiger partial charge in [-0.3, -0.25) is 4.79 Å². The summed E-state index contributed by atoms with van der Waals surface area (Å²) in [6.45, 7) is 1.61. The third kappa shape index (κ3) is 4.75. The van der Waals surface area contributed by atoms with Crippen LogP contribution in [0.5, 0.6) is 5.75 Å².